The average Bonchev–Trinajstić information content (AvgIpc) is 2.22. The Morgan fingerprint density at radius 3 is 2.71 bits per heavy atom. The zero-order valence-corrected chi connectivity index (χ0v) is 9.47. The molecule has 0 bridgehead atoms. The van der Waals surface area contributed by atoms with Crippen LogP contribution >= 0.6 is 0 Å². The lowest BCUT2D eigenvalue weighted by atomic mass is 10.2. The van der Waals surface area contributed by atoms with E-state index >= 15 is 0 Å². The van der Waals surface area contributed by atoms with Gasteiger partial charge in [-0.2, -0.15) is 13.2 Å². The van der Waals surface area contributed by atoms with Crippen molar-refractivity contribution in [3.05, 3.63) is 23.8 Å². The number of halogens is 3. The van der Waals surface area contributed by atoms with Crippen LogP contribution in [0.4, 0.5) is 24.5 Å². The summed E-state index contributed by atoms with van der Waals surface area (Å²) in [6.07, 6.45) is -4.28. The van der Waals surface area contributed by atoms with Crippen molar-refractivity contribution in [1.29, 1.82) is 0 Å². The number of alkyl halides is 3. The molecule has 3 nitrogen and oxygen atoms in total. The Hall–Kier alpha value is -1.43. The second-order valence-corrected chi connectivity index (χ2v) is 3.63. The minimum Gasteiger partial charge on any atom is -0.397 e. The molecule has 0 fully saturated rings. The van der Waals surface area contributed by atoms with E-state index in [1.165, 1.54) is 0 Å². The van der Waals surface area contributed by atoms with Gasteiger partial charge in [0.05, 0.1) is 18.0 Å². The predicted octanol–water partition coefficient (Wildman–Crippen LogP) is 2.57. The molecule has 0 amide bonds. The van der Waals surface area contributed by atoms with E-state index in [4.69, 9.17) is 5.73 Å². The summed E-state index contributed by atoms with van der Waals surface area (Å²) >= 11 is 0. The normalized spacial score (nSPS) is 11.5. The van der Waals surface area contributed by atoms with Crippen molar-refractivity contribution < 1.29 is 17.9 Å². The summed E-state index contributed by atoms with van der Waals surface area (Å²) in [5.74, 6) is 0. The Labute approximate surface area is 97.8 Å². The van der Waals surface area contributed by atoms with E-state index in [1.807, 2.05) is 19.1 Å². The molecule has 0 spiro atoms. The molecule has 0 aromatic heterocycles. The van der Waals surface area contributed by atoms with Crippen molar-refractivity contribution in [2.24, 2.45) is 0 Å². The number of anilines is 2. The first kappa shape index (κ1) is 13.6. The van der Waals surface area contributed by atoms with Crippen LogP contribution < -0.4 is 11.1 Å². The van der Waals surface area contributed by atoms with Gasteiger partial charge in [0.25, 0.3) is 0 Å². The van der Waals surface area contributed by atoms with Gasteiger partial charge in [-0.15, -0.1) is 0 Å². The molecule has 96 valence electrons. The van der Waals surface area contributed by atoms with E-state index in [0.717, 1.165) is 5.56 Å². The Bertz CT molecular complexity index is 366. The standard InChI is InChI=1S/C11H15F3N2O/c1-8-3-2-4-9(10(8)15)16-5-6-17-7-11(12,13)14/h2-4,16H,5-7,15H2,1H3. The number of para-hydroxylation sites is 1. The summed E-state index contributed by atoms with van der Waals surface area (Å²) in [7, 11) is 0. The van der Waals surface area contributed by atoms with Crippen LogP contribution in [0.5, 0.6) is 0 Å². The van der Waals surface area contributed by atoms with Crippen molar-refractivity contribution in [3.63, 3.8) is 0 Å². The van der Waals surface area contributed by atoms with E-state index in [0.29, 0.717) is 11.4 Å². The van der Waals surface area contributed by atoms with Gasteiger partial charge >= 0.3 is 6.18 Å². The number of nitrogens with two attached hydrogens (primary N) is 1. The van der Waals surface area contributed by atoms with E-state index < -0.39 is 12.8 Å². The maximum atomic E-state index is 11.8. The summed E-state index contributed by atoms with van der Waals surface area (Å²) in [6.45, 7) is 0.898. The SMILES string of the molecule is Cc1cccc(NCCOCC(F)(F)F)c1N. The molecule has 1 rings (SSSR count). The highest BCUT2D eigenvalue weighted by Crippen LogP contribution is 2.21. The molecule has 0 radical (unpaired) electrons. The van der Waals surface area contributed by atoms with Crippen LogP contribution in [-0.2, 0) is 4.74 Å². The highest BCUT2D eigenvalue weighted by atomic mass is 19.4. The molecular formula is C11H15F3N2O. The molecule has 0 aliphatic heterocycles. The van der Waals surface area contributed by atoms with E-state index in [9.17, 15) is 13.2 Å². The number of ether oxygens (including phenoxy) is 1. The maximum Gasteiger partial charge on any atom is 0.411 e. The predicted molar refractivity (Wildman–Crippen MR) is 61.0 cm³/mol. The van der Waals surface area contributed by atoms with Crippen molar-refractivity contribution in [1.82, 2.24) is 0 Å². The van der Waals surface area contributed by atoms with E-state index in [-0.39, 0.29) is 13.2 Å². The molecule has 0 aliphatic carbocycles. The van der Waals surface area contributed by atoms with Crippen LogP contribution in [0, 0.1) is 6.92 Å². The lowest BCUT2D eigenvalue weighted by Gasteiger charge is -2.12. The van der Waals surface area contributed by atoms with Crippen LogP contribution in [0.25, 0.3) is 0 Å². The first-order valence-electron chi connectivity index (χ1n) is 5.13. The van der Waals surface area contributed by atoms with Crippen molar-refractivity contribution in [2.75, 3.05) is 30.8 Å². The van der Waals surface area contributed by atoms with Gasteiger partial charge in [0.1, 0.15) is 6.61 Å². The molecule has 17 heavy (non-hydrogen) atoms. The number of hydrogen-bond acceptors (Lipinski definition) is 3. The van der Waals surface area contributed by atoms with Crippen molar-refractivity contribution >= 4 is 11.4 Å². The topological polar surface area (TPSA) is 47.3 Å². The first-order chi connectivity index (χ1) is 7.90. The summed E-state index contributed by atoms with van der Waals surface area (Å²) in [6, 6.07) is 5.46. The summed E-state index contributed by atoms with van der Waals surface area (Å²) in [5, 5.41) is 2.92. The lowest BCUT2D eigenvalue weighted by Crippen LogP contribution is -2.20. The smallest absolute Gasteiger partial charge is 0.397 e. The number of benzene rings is 1. The van der Waals surface area contributed by atoms with Gasteiger partial charge in [-0.3, -0.25) is 0 Å². The van der Waals surface area contributed by atoms with Crippen LogP contribution in [-0.4, -0.2) is 25.9 Å². The largest absolute Gasteiger partial charge is 0.411 e. The molecule has 0 unspecified atom stereocenters. The summed E-state index contributed by atoms with van der Waals surface area (Å²) in [4.78, 5) is 0. The van der Waals surface area contributed by atoms with Gasteiger partial charge in [-0.05, 0) is 18.6 Å². The third-order valence-electron chi connectivity index (χ3n) is 2.15. The summed E-state index contributed by atoms with van der Waals surface area (Å²) in [5.41, 5.74) is 8.01. The minimum absolute atomic E-state index is 0.0209. The highest BCUT2D eigenvalue weighted by Gasteiger charge is 2.27. The zero-order chi connectivity index (χ0) is 12.9. The summed E-state index contributed by atoms with van der Waals surface area (Å²) < 4.78 is 39.7. The van der Waals surface area contributed by atoms with Gasteiger partial charge in [0.2, 0.25) is 0 Å². The quantitative estimate of drug-likeness (QED) is 0.622. The van der Waals surface area contributed by atoms with Crippen LogP contribution in [0.15, 0.2) is 18.2 Å². The minimum atomic E-state index is -4.28. The first-order valence-corrected chi connectivity index (χ1v) is 5.13. The number of rotatable bonds is 5. The zero-order valence-electron chi connectivity index (χ0n) is 9.47. The number of aryl methyl sites for hydroxylation is 1. The van der Waals surface area contributed by atoms with Crippen molar-refractivity contribution in [3.8, 4) is 0 Å². The average molecular weight is 248 g/mol. The van der Waals surface area contributed by atoms with E-state index in [2.05, 4.69) is 10.1 Å². The fourth-order valence-corrected chi connectivity index (χ4v) is 1.28. The third-order valence-corrected chi connectivity index (χ3v) is 2.15. The van der Waals surface area contributed by atoms with Crippen LogP contribution in [0.1, 0.15) is 5.56 Å². The lowest BCUT2D eigenvalue weighted by molar-refractivity contribution is -0.172. The molecule has 0 saturated heterocycles. The third kappa shape index (κ3) is 4.95. The molecule has 0 aliphatic rings. The fourth-order valence-electron chi connectivity index (χ4n) is 1.28. The van der Waals surface area contributed by atoms with Crippen molar-refractivity contribution in [2.45, 2.75) is 13.1 Å². The highest BCUT2D eigenvalue weighted by molar-refractivity contribution is 5.69. The molecule has 6 heteroatoms. The Balaban J connectivity index is 2.29. The Kier molecular flexibility index (Phi) is 4.62. The van der Waals surface area contributed by atoms with Crippen LogP contribution in [0.3, 0.4) is 0 Å². The number of nitrogen functional groups attached to an aromatic ring is 1. The maximum absolute atomic E-state index is 11.8. The van der Waals surface area contributed by atoms with Gasteiger partial charge < -0.3 is 15.8 Å². The second-order valence-electron chi connectivity index (χ2n) is 3.63. The molecule has 0 atom stereocenters. The van der Waals surface area contributed by atoms with Gasteiger partial charge in [-0.1, -0.05) is 12.1 Å². The second kappa shape index (κ2) is 5.77. The monoisotopic (exact) mass is 248 g/mol. The molecule has 1 aromatic carbocycles. The fraction of sp³-hybridized carbons (Fsp3) is 0.455. The van der Waals surface area contributed by atoms with Gasteiger partial charge in [-0.25, -0.2) is 0 Å². The Morgan fingerprint density at radius 1 is 1.35 bits per heavy atom. The molecule has 0 saturated carbocycles. The molecule has 0 heterocycles. The molecular weight excluding hydrogens is 233 g/mol. The molecule has 1 aromatic rings. The van der Waals surface area contributed by atoms with Gasteiger partial charge in [0, 0.05) is 6.54 Å². The molecule has 3 N–H and O–H groups in total. The number of nitrogens with one attached hydrogen (secondary N) is 1. The van der Waals surface area contributed by atoms with Crippen LogP contribution in [0.2, 0.25) is 0 Å². The number of hydrogen-bond donors (Lipinski definition) is 2. The Morgan fingerprint density at radius 2 is 2.06 bits per heavy atom. The van der Waals surface area contributed by atoms with Gasteiger partial charge in [0.15, 0.2) is 0 Å². The van der Waals surface area contributed by atoms with E-state index in [1.54, 1.807) is 6.07 Å².